The van der Waals surface area contributed by atoms with E-state index < -0.39 is 0 Å². The van der Waals surface area contributed by atoms with E-state index in [0.29, 0.717) is 17.0 Å². The van der Waals surface area contributed by atoms with Crippen LogP contribution in [-0.2, 0) is 12.8 Å². The van der Waals surface area contributed by atoms with Gasteiger partial charge in [-0.15, -0.1) is 0 Å². The second-order valence-corrected chi connectivity index (χ2v) is 7.57. The smallest absolute Gasteiger partial charge is 0.166 e. The normalized spacial score (nSPS) is 17.1. The molecule has 0 aromatic carbocycles. The lowest BCUT2D eigenvalue weighted by Gasteiger charge is -2.34. The Kier molecular flexibility index (Phi) is 6.13. The lowest BCUT2D eigenvalue weighted by Crippen LogP contribution is -2.27. The van der Waals surface area contributed by atoms with Crippen LogP contribution in [0.4, 0.5) is 0 Å². The maximum Gasteiger partial charge on any atom is 0.166 e. The molecule has 0 radical (unpaired) electrons. The quantitative estimate of drug-likeness (QED) is 0.756. The molecule has 2 aromatic rings. The number of nitrogens with zero attached hydrogens (tertiary/aromatic N) is 1. The Bertz CT molecular complexity index is 682. The summed E-state index contributed by atoms with van der Waals surface area (Å²) < 4.78 is 0. The summed E-state index contributed by atoms with van der Waals surface area (Å²) >= 11 is 0. The van der Waals surface area contributed by atoms with E-state index in [9.17, 15) is 4.79 Å². The van der Waals surface area contributed by atoms with Gasteiger partial charge in [-0.3, -0.25) is 9.78 Å². The Labute approximate surface area is 144 Å². The minimum absolute atomic E-state index is 0.344. The van der Waals surface area contributed by atoms with E-state index in [1.54, 1.807) is 0 Å². The highest BCUT2D eigenvalue weighted by molar-refractivity contribution is 5.85. The van der Waals surface area contributed by atoms with Gasteiger partial charge in [0.2, 0.25) is 0 Å². The highest BCUT2D eigenvalue weighted by Gasteiger charge is 2.29. The Morgan fingerprint density at radius 3 is 2.71 bits per heavy atom. The van der Waals surface area contributed by atoms with Gasteiger partial charge in [0, 0.05) is 18.8 Å². The number of aromatic amines is 1. The summed E-state index contributed by atoms with van der Waals surface area (Å²) in [6.45, 7) is 8.59. The van der Waals surface area contributed by atoms with Crippen LogP contribution < -0.4 is 11.1 Å². The number of aldehydes is 1. The van der Waals surface area contributed by atoms with Crippen LogP contribution in [0.1, 0.15) is 48.9 Å². The molecule has 0 fully saturated rings. The van der Waals surface area contributed by atoms with Crippen LogP contribution in [-0.4, -0.2) is 36.4 Å². The third-order valence-corrected chi connectivity index (χ3v) is 4.73. The van der Waals surface area contributed by atoms with Gasteiger partial charge in [-0.25, -0.2) is 0 Å². The summed E-state index contributed by atoms with van der Waals surface area (Å²) in [5, 5.41) is 2.89. The standard InChI is InChI=1S/C16H20N2O.C3H10N2/c1-16(2,3)11-4-5-13-10(6-11)7-14-15(18-13)8-12(9-19)17-14;1-5-3-2-4/h7-9,11,17H,4-6H2,1-3H3;5H,2-4H2,1H3. The van der Waals surface area contributed by atoms with Gasteiger partial charge in [-0.1, -0.05) is 20.8 Å². The first-order chi connectivity index (χ1) is 11.4. The molecule has 4 N–H and O–H groups in total. The molecule has 5 nitrogen and oxygen atoms in total. The number of carbonyl (C=O) groups is 1. The number of hydrogen-bond acceptors (Lipinski definition) is 4. The minimum Gasteiger partial charge on any atom is -0.351 e. The van der Waals surface area contributed by atoms with Crippen molar-refractivity contribution in [1.29, 1.82) is 0 Å². The molecule has 3 rings (SSSR count). The molecule has 132 valence electrons. The van der Waals surface area contributed by atoms with Crippen molar-refractivity contribution in [3.05, 3.63) is 29.1 Å². The van der Waals surface area contributed by atoms with Crippen molar-refractivity contribution >= 4 is 17.3 Å². The van der Waals surface area contributed by atoms with Gasteiger partial charge in [-0.05, 0) is 55.3 Å². The minimum atomic E-state index is 0.344. The molecular formula is C19H30N4O. The van der Waals surface area contributed by atoms with Crippen LogP contribution in [0.25, 0.3) is 11.0 Å². The van der Waals surface area contributed by atoms with E-state index in [2.05, 4.69) is 37.1 Å². The fourth-order valence-electron chi connectivity index (χ4n) is 3.18. The highest BCUT2D eigenvalue weighted by atomic mass is 16.1. The van der Waals surface area contributed by atoms with E-state index in [-0.39, 0.29) is 0 Å². The molecule has 0 saturated carbocycles. The third-order valence-electron chi connectivity index (χ3n) is 4.73. The van der Waals surface area contributed by atoms with Crippen molar-refractivity contribution in [2.24, 2.45) is 17.1 Å². The topological polar surface area (TPSA) is 83.8 Å². The Morgan fingerprint density at radius 1 is 1.42 bits per heavy atom. The molecule has 0 bridgehead atoms. The summed E-state index contributed by atoms with van der Waals surface area (Å²) in [6.07, 6.45) is 4.20. The Hall–Kier alpha value is -1.72. The Morgan fingerprint density at radius 2 is 2.17 bits per heavy atom. The molecule has 1 aliphatic carbocycles. The number of rotatable bonds is 3. The van der Waals surface area contributed by atoms with Gasteiger partial charge in [0.15, 0.2) is 6.29 Å². The monoisotopic (exact) mass is 330 g/mol. The van der Waals surface area contributed by atoms with Gasteiger partial charge in [-0.2, -0.15) is 0 Å². The molecule has 24 heavy (non-hydrogen) atoms. The second-order valence-electron chi connectivity index (χ2n) is 7.57. The van der Waals surface area contributed by atoms with Crippen molar-refractivity contribution in [3.8, 4) is 0 Å². The first-order valence-electron chi connectivity index (χ1n) is 8.70. The predicted octanol–water partition coefficient (Wildman–Crippen LogP) is 2.69. The number of aryl methyl sites for hydroxylation is 1. The second kappa shape index (κ2) is 7.90. The zero-order valence-electron chi connectivity index (χ0n) is 15.3. The summed E-state index contributed by atoms with van der Waals surface area (Å²) in [5.41, 5.74) is 10.5. The average Bonchev–Trinajstić information content (AvgIpc) is 2.94. The summed E-state index contributed by atoms with van der Waals surface area (Å²) in [4.78, 5) is 18.7. The lowest BCUT2D eigenvalue weighted by molar-refractivity contribution is 0.112. The number of hydrogen-bond donors (Lipinski definition) is 3. The van der Waals surface area contributed by atoms with Crippen LogP contribution >= 0.6 is 0 Å². The summed E-state index contributed by atoms with van der Waals surface area (Å²) in [6, 6.07) is 4.01. The summed E-state index contributed by atoms with van der Waals surface area (Å²) in [5.74, 6) is 0.708. The number of H-pyrrole nitrogens is 1. The molecule has 2 heterocycles. The van der Waals surface area contributed by atoms with Gasteiger partial charge < -0.3 is 16.0 Å². The van der Waals surface area contributed by atoms with Crippen molar-refractivity contribution in [2.45, 2.75) is 40.0 Å². The fourth-order valence-corrected chi connectivity index (χ4v) is 3.18. The molecule has 0 saturated heterocycles. The zero-order valence-corrected chi connectivity index (χ0v) is 15.3. The van der Waals surface area contributed by atoms with Crippen LogP contribution in [0.3, 0.4) is 0 Å². The van der Waals surface area contributed by atoms with Crippen LogP contribution in [0.15, 0.2) is 12.1 Å². The number of fused-ring (bicyclic) bond motifs is 2. The molecule has 2 aromatic heterocycles. The number of carbonyl (C=O) groups excluding carboxylic acids is 1. The van der Waals surface area contributed by atoms with Gasteiger partial charge in [0.1, 0.15) is 0 Å². The van der Waals surface area contributed by atoms with Crippen molar-refractivity contribution in [3.63, 3.8) is 0 Å². The number of nitrogens with two attached hydrogens (primary N) is 1. The van der Waals surface area contributed by atoms with Crippen LogP contribution in [0.5, 0.6) is 0 Å². The molecule has 1 aliphatic rings. The van der Waals surface area contributed by atoms with E-state index in [1.165, 1.54) is 17.7 Å². The highest BCUT2D eigenvalue weighted by Crippen LogP contribution is 2.37. The van der Waals surface area contributed by atoms with Crippen molar-refractivity contribution < 1.29 is 4.79 Å². The van der Waals surface area contributed by atoms with Crippen molar-refractivity contribution in [1.82, 2.24) is 15.3 Å². The molecular weight excluding hydrogens is 300 g/mol. The molecule has 0 spiro atoms. The van der Waals surface area contributed by atoms with Gasteiger partial charge in [0.25, 0.3) is 0 Å². The largest absolute Gasteiger partial charge is 0.351 e. The average molecular weight is 330 g/mol. The predicted molar refractivity (Wildman–Crippen MR) is 99.4 cm³/mol. The zero-order chi connectivity index (χ0) is 17.7. The van der Waals surface area contributed by atoms with Crippen molar-refractivity contribution in [2.75, 3.05) is 20.1 Å². The van der Waals surface area contributed by atoms with E-state index in [1.807, 2.05) is 13.1 Å². The van der Waals surface area contributed by atoms with E-state index in [4.69, 9.17) is 10.7 Å². The number of aromatic nitrogens is 2. The van der Waals surface area contributed by atoms with Gasteiger partial charge >= 0.3 is 0 Å². The maximum atomic E-state index is 10.8. The van der Waals surface area contributed by atoms with E-state index in [0.717, 1.165) is 43.3 Å². The first kappa shape index (κ1) is 18.6. The molecule has 1 atom stereocenters. The van der Waals surface area contributed by atoms with E-state index >= 15 is 0 Å². The SMILES string of the molecule is CC(C)(C)C1CCc2nc3cc(C=O)[nH]c3cc2C1.CNCCN. The summed E-state index contributed by atoms with van der Waals surface area (Å²) in [7, 11) is 1.88. The van der Waals surface area contributed by atoms with Gasteiger partial charge in [0.05, 0.1) is 16.7 Å². The van der Waals surface area contributed by atoms with Crippen LogP contribution in [0, 0.1) is 11.3 Å². The molecule has 0 aliphatic heterocycles. The molecule has 1 unspecified atom stereocenters. The number of nitrogens with one attached hydrogen (secondary N) is 2. The number of likely N-dealkylation sites (N-methyl/N-ethyl adjacent to an activating group) is 1. The Balaban J connectivity index is 0.000000368. The third kappa shape index (κ3) is 4.42. The first-order valence-corrected chi connectivity index (χ1v) is 8.70. The fraction of sp³-hybridized carbons (Fsp3) is 0.579. The van der Waals surface area contributed by atoms with Crippen LogP contribution in [0.2, 0.25) is 0 Å². The molecule has 5 heteroatoms. The maximum absolute atomic E-state index is 10.8. The lowest BCUT2D eigenvalue weighted by atomic mass is 9.71. The molecule has 0 amide bonds. The number of pyridine rings is 1.